The highest BCUT2D eigenvalue weighted by Crippen LogP contribution is 2.47. The number of benzene rings is 3. The molecule has 0 spiro atoms. The summed E-state index contributed by atoms with van der Waals surface area (Å²) in [4.78, 5) is 41.4. The Morgan fingerprint density at radius 1 is 0.848 bits per heavy atom. The number of para-hydroxylation sites is 2. The molecular formula is C24H19N5O3S. The lowest BCUT2D eigenvalue weighted by atomic mass is 10.1. The van der Waals surface area contributed by atoms with Crippen molar-refractivity contribution in [1.29, 1.82) is 0 Å². The molecule has 0 saturated carbocycles. The summed E-state index contributed by atoms with van der Waals surface area (Å²) < 4.78 is 0. The smallest absolute Gasteiger partial charge is 0.290 e. The number of hydrogen-bond donors (Lipinski definition) is 3. The normalized spacial score (nSPS) is 12.1. The van der Waals surface area contributed by atoms with E-state index in [4.69, 9.17) is 0 Å². The fraction of sp³-hybridized carbons (Fsp3) is 0.0833. The number of hydrogen-bond acceptors (Lipinski definition) is 6. The predicted molar refractivity (Wildman–Crippen MR) is 127 cm³/mol. The van der Waals surface area contributed by atoms with E-state index < -0.39 is 5.91 Å². The molecule has 3 aromatic carbocycles. The summed E-state index contributed by atoms with van der Waals surface area (Å²) in [7, 11) is 0. The van der Waals surface area contributed by atoms with Gasteiger partial charge in [-0.15, -0.1) is 0 Å². The minimum absolute atomic E-state index is 0.0291. The number of carbonyl (C=O) groups is 2. The maximum atomic E-state index is 12.6. The Balaban J connectivity index is 1.27. The topological polar surface area (TPSA) is 107 Å². The van der Waals surface area contributed by atoms with Gasteiger partial charge in [-0.05, 0) is 30.3 Å². The van der Waals surface area contributed by atoms with Crippen molar-refractivity contribution in [2.75, 3.05) is 11.4 Å². The molecule has 0 fully saturated rings. The Morgan fingerprint density at radius 2 is 1.45 bits per heavy atom. The molecule has 0 atom stereocenters. The van der Waals surface area contributed by atoms with Gasteiger partial charge in [0.25, 0.3) is 11.5 Å². The van der Waals surface area contributed by atoms with Crippen molar-refractivity contribution < 1.29 is 9.59 Å². The third-order valence-electron chi connectivity index (χ3n) is 5.32. The van der Waals surface area contributed by atoms with Crippen LogP contribution in [0.2, 0.25) is 0 Å². The Hall–Kier alpha value is -4.11. The van der Waals surface area contributed by atoms with E-state index in [1.165, 1.54) is 0 Å². The van der Waals surface area contributed by atoms with Crippen LogP contribution in [-0.4, -0.2) is 28.6 Å². The summed E-state index contributed by atoms with van der Waals surface area (Å²) in [5, 5.41) is 6.91. The minimum atomic E-state index is -0.610. The summed E-state index contributed by atoms with van der Waals surface area (Å²) in [6, 6.07) is 22.8. The zero-order valence-corrected chi connectivity index (χ0v) is 18.2. The van der Waals surface area contributed by atoms with Gasteiger partial charge < -0.3 is 4.90 Å². The highest BCUT2D eigenvalue weighted by molar-refractivity contribution is 7.99. The molecule has 1 aliphatic rings. The lowest BCUT2D eigenvalue weighted by Gasteiger charge is -2.32. The molecule has 0 aliphatic carbocycles. The zero-order chi connectivity index (χ0) is 22.8. The SMILES string of the molecule is O=C(CCN1c2ccccc2Sc2ccccc21)NNC(=O)c1n[nH]c(=O)c2ccccc12. The van der Waals surface area contributed by atoms with Gasteiger partial charge in [0, 0.05) is 28.1 Å². The molecular weight excluding hydrogens is 438 g/mol. The Morgan fingerprint density at radius 3 is 2.15 bits per heavy atom. The quantitative estimate of drug-likeness (QED) is 0.406. The van der Waals surface area contributed by atoms with Gasteiger partial charge in [0.2, 0.25) is 5.91 Å². The number of anilines is 2. The van der Waals surface area contributed by atoms with E-state index in [1.807, 2.05) is 36.4 Å². The Labute approximate surface area is 193 Å². The lowest BCUT2D eigenvalue weighted by molar-refractivity contribution is -0.121. The number of carbonyl (C=O) groups excluding carboxylic acids is 2. The predicted octanol–water partition coefficient (Wildman–Crippen LogP) is 3.38. The number of hydrazine groups is 1. The van der Waals surface area contributed by atoms with Gasteiger partial charge in [0.15, 0.2) is 5.69 Å². The largest absolute Gasteiger partial charge is 0.339 e. The van der Waals surface area contributed by atoms with E-state index in [0.29, 0.717) is 17.3 Å². The number of aromatic nitrogens is 2. The van der Waals surface area contributed by atoms with E-state index in [9.17, 15) is 14.4 Å². The van der Waals surface area contributed by atoms with E-state index in [2.05, 4.69) is 38.1 Å². The standard InChI is InChI=1S/C24H19N5O3S/c30-21(25-28-24(32)22-15-7-1-2-8-16(15)23(31)27-26-22)13-14-29-17-9-3-5-11-19(17)33-20-12-6-4-10-18(20)29/h1-12H,13-14H2,(H,25,30)(H,27,31)(H,28,32). The van der Waals surface area contributed by atoms with Crippen molar-refractivity contribution in [1.82, 2.24) is 21.0 Å². The number of amides is 2. The van der Waals surface area contributed by atoms with Crippen LogP contribution in [-0.2, 0) is 4.79 Å². The third-order valence-corrected chi connectivity index (χ3v) is 6.45. The fourth-order valence-corrected chi connectivity index (χ4v) is 4.87. The summed E-state index contributed by atoms with van der Waals surface area (Å²) in [6.07, 6.45) is 0.160. The zero-order valence-electron chi connectivity index (χ0n) is 17.4. The third kappa shape index (κ3) is 4.06. The molecule has 1 aromatic heterocycles. The van der Waals surface area contributed by atoms with Crippen LogP contribution in [0.15, 0.2) is 87.4 Å². The van der Waals surface area contributed by atoms with Crippen molar-refractivity contribution in [2.24, 2.45) is 0 Å². The number of rotatable bonds is 4. The maximum Gasteiger partial charge on any atom is 0.290 e. The fourth-order valence-electron chi connectivity index (χ4n) is 3.77. The van der Waals surface area contributed by atoms with Gasteiger partial charge in [-0.3, -0.25) is 25.2 Å². The molecule has 0 radical (unpaired) electrons. The first kappa shape index (κ1) is 20.8. The molecule has 0 unspecified atom stereocenters. The average molecular weight is 458 g/mol. The summed E-state index contributed by atoms with van der Waals surface area (Å²) in [5.74, 6) is -0.953. The number of aromatic amines is 1. The molecule has 1 aliphatic heterocycles. The molecule has 33 heavy (non-hydrogen) atoms. The molecule has 8 nitrogen and oxygen atoms in total. The molecule has 0 saturated heterocycles. The van der Waals surface area contributed by atoms with Crippen LogP contribution >= 0.6 is 11.8 Å². The molecule has 9 heteroatoms. The number of H-pyrrole nitrogens is 1. The summed E-state index contributed by atoms with van der Waals surface area (Å²) in [5.41, 5.74) is 6.57. The van der Waals surface area contributed by atoms with Gasteiger partial charge in [0.05, 0.1) is 16.8 Å². The van der Waals surface area contributed by atoms with Crippen molar-refractivity contribution in [3.63, 3.8) is 0 Å². The number of nitrogens with one attached hydrogen (secondary N) is 3. The maximum absolute atomic E-state index is 12.6. The first-order valence-corrected chi connectivity index (χ1v) is 11.1. The molecule has 0 bridgehead atoms. The highest BCUT2D eigenvalue weighted by Gasteiger charge is 2.23. The van der Waals surface area contributed by atoms with Gasteiger partial charge in [-0.1, -0.05) is 54.2 Å². The van der Waals surface area contributed by atoms with Crippen molar-refractivity contribution in [3.05, 3.63) is 88.8 Å². The Kier molecular flexibility index (Phi) is 5.54. The second-order valence-electron chi connectivity index (χ2n) is 7.39. The van der Waals surface area contributed by atoms with Gasteiger partial charge in [-0.2, -0.15) is 5.10 Å². The van der Waals surface area contributed by atoms with E-state index >= 15 is 0 Å². The average Bonchev–Trinajstić information content (AvgIpc) is 2.85. The number of fused-ring (bicyclic) bond motifs is 3. The second kappa shape index (κ2) is 8.79. The van der Waals surface area contributed by atoms with E-state index in [0.717, 1.165) is 21.2 Å². The summed E-state index contributed by atoms with van der Waals surface area (Å²) >= 11 is 1.70. The van der Waals surface area contributed by atoms with Crippen LogP contribution in [0.4, 0.5) is 11.4 Å². The van der Waals surface area contributed by atoms with Crippen LogP contribution < -0.4 is 21.3 Å². The highest BCUT2D eigenvalue weighted by atomic mass is 32.2. The molecule has 164 valence electrons. The molecule has 2 amide bonds. The van der Waals surface area contributed by atoms with Crippen LogP contribution in [0, 0.1) is 0 Å². The summed E-state index contributed by atoms with van der Waals surface area (Å²) in [6.45, 7) is 0.441. The molecule has 2 heterocycles. The number of nitrogens with zero attached hydrogens (tertiary/aromatic N) is 2. The van der Waals surface area contributed by atoms with Crippen LogP contribution in [0.5, 0.6) is 0 Å². The Bertz CT molecular complexity index is 1390. The van der Waals surface area contributed by atoms with Crippen LogP contribution in [0.3, 0.4) is 0 Å². The minimum Gasteiger partial charge on any atom is -0.339 e. The van der Waals surface area contributed by atoms with E-state index in [1.54, 1.807) is 36.0 Å². The first-order chi connectivity index (χ1) is 16.1. The molecule has 5 rings (SSSR count). The molecule has 3 N–H and O–H groups in total. The first-order valence-electron chi connectivity index (χ1n) is 10.3. The van der Waals surface area contributed by atoms with Crippen molar-refractivity contribution >= 4 is 45.7 Å². The van der Waals surface area contributed by atoms with Crippen molar-refractivity contribution in [2.45, 2.75) is 16.2 Å². The monoisotopic (exact) mass is 457 g/mol. The molecule has 4 aromatic rings. The van der Waals surface area contributed by atoms with Gasteiger partial charge >= 0.3 is 0 Å². The van der Waals surface area contributed by atoms with Crippen LogP contribution in [0.1, 0.15) is 16.9 Å². The van der Waals surface area contributed by atoms with E-state index in [-0.39, 0.29) is 23.6 Å². The lowest BCUT2D eigenvalue weighted by Crippen LogP contribution is -2.43. The van der Waals surface area contributed by atoms with Gasteiger partial charge in [-0.25, -0.2) is 5.10 Å². The van der Waals surface area contributed by atoms with Gasteiger partial charge in [0.1, 0.15) is 0 Å². The second-order valence-corrected chi connectivity index (χ2v) is 8.47. The van der Waals surface area contributed by atoms with Crippen LogP contribution in [0.25, 0.3) is 10.8 Å². The van der Waals surface area contributed by atoms with Crippen molar-refractivity contribution in [3.8, 4) is 0 Å².